The molecule has 4 heteroatoms. The van der Waals surface area contributed by atoms with Gasteiger partial charge in [-0.1, -0.05) is 13.3 Å². The van der Waals surface area contributed by atoms with Crippen molar-refractivity contribution in [2.24, 2.45) is 11.8 Å². The fourth-order valence-corrected chi connectivity index (χ4v) is 3.77. The van der Waals surface area contributed by atoms with Crippen molar-refractivity contribution in [2.45, 2.75) is 58.1 Å². The highest BCUT2D eigenvalue weighted by Gasteiger charge is 2.42. The second-order valence-corrected chi connectivity index (χ2v) is 5.57. The molecular weight excluding hydrogens is 214 g/mol. The molecule has 0 saturated heterocycles. The Morgan fingerprint density at radius 1 is 1.29 bits per heavy atom. The fraction of sp³-hybridized carbons (Fsp3) is 0.846. The second-order valence-electron chi connectivity index (χ2n) is 5.57. The first-order valence-corrected chi connectivity index (χ1v) is 6.86. The van der Waals surface area contributed by atoms with Gasteiger partial charge in [-0.25, -0.2) is 0 Å². The molecule has 0 spiro atoms. The minimum absolute atomic E-state index is 0.00775. The summed E-state index contributed by atoms with van der Waals surface area (Å²) in [4.78, 5) is 0. The average molecular weight is 235 g/mol. The normalized spacial score (nSPS) is 31.3. The molecule has 0 aliphatic heterocycles. The van der Waals surface area contributed by atoms with Gasteiger partial charge in [-0.2, -0.15) is 0 Å². The summed E-state index contributed by atoms with van der Waals surface area (Å²) in [6.07, 6.45) is 6.52. The Labute approximate surface area is 102 Å². The minimum Gasteiger partial charge on any atom is -0.388 e. The largest absolute Gasteiger partial charge is 0.388 e. The summed E-state index contributed by atoms with van der Waals surface area (Å²) >= 11 is 0. The molecule has 94 valence electrons. The summed E-state index contributed by atoms with van der Waals surface area (Å²) < 4.78 is 2.16. The van der Waals surface area contributed by atoms with Gasteiger partial charge in [0.1, 0.15) is 12.4 Å². The highest BCUT2D eigenvalue weighted by atomic mass is 16.3. The maximum atomic E-state index is 9.31. The van der Waals surface area contributed by atoms with Crippen molar-refractivity contribution in [1.29, 1.82) is 0 Å². The summed E-state index contributed by atoms with van der Waals surface area (Å²) in [7, 11) is 0. The molecule has 3 unspecified atom stereocenters. The van der Waals surface area contributed by atoms with Gasteiger partial charge >= 0.3 is 0 Å². The lowest BCUT2D eigenvalue weighted by atomic mass is 9.88. The quantitative estimate of drug-likeness (QED) is 0.869. The van der Waals surface area contributed by atoms with Crippen LogP contribution in [-0.4, -0.2) is 19.9 Å². The Balaban J connectivity index is 1.89. The standard InChI is InChI=1S/C13H21N3O/c1-2-5-16-12(8-17)14-15-13(16)11-7-9-3-4-10(11)6-9/h9-11,17H,2-8H2,1H3. The Bertz CT molecular complexity index is 401. The van der Waals surface area contributed by atoms with Crippen LogP contribution in [-0.2, 0) is 13.2 Å². The van der Waals surface area contributed by atoms with Gasteiger partial charge in [-0.05, 0) is 37.5 Å². The van der Waals surface area contributed by atoms with Crippen molar-refractivity contribution in [3.63, 3.8) is 0 Å². The van der Waals surface area contributed by atoms with E-state index in [2.05, 4.69) is 21.7 Å². The zero-order valence-electron chi connectivity index (χ0n) is 10.5. The maximum Gasteiger partial charge on any atom is 0.158 e. The first kappa shape index (κ1) is 11.2. The Morgan fingerprint density at radius 3 is 2.76 bits per heavy atom. The third kappa shape index (κ3) is 1.79. The second kappa shape index (κ2) is 4.41. The Morgan fingerprint density at radius 2 is 2.18 bits per heavy atom. The van der Waals surface area contributed by atoms with Gasteiger partial charge in [0.2, 0.25) is 0 Å². The Kier molecular flexibility index (Phi) is 2.90. The molecule has 0 radical (unpaired) electrons. The number of aliphatic hydroxyl groups is 1. The predicted octanol–water partition coefficient (Wildman–Crippen LogP) is 2.08. The van der Waals surface area contributed by atoms with Crippen LogP contribution in [0.3, 0.4) is 0 Å². The Hall–Kier alpha value is -0.900. The fourth-order valence-electron chi connectivity index (χ4n) is 3.77. The first-order chi connectivity index (χ1) is 8.33. The smallest absolute Gasteiger partial charge is 0.158 e. The number of hydrogen-bond donors (Lipinski definition) is 1. The lowest BCUT2D eigenvalue weighted by Crippen LogP contribution is -2.16. The molecule has 2 fully saturated rings. The molecule has 3 rings (SSSR count). The third-order valence-corrected chi connectivity index (χ3v) is 4.51. The van der Waals surface area contributed by atoms with Crippen LogP contribution < -0.4 is 0 Å². The van der Waals surface area contributed by atoms with E-state index >= 15 is 0 Å². The maximum absolute atomic E-state index is 9.31. The summed E-state index contributed by atoms with van der Waals surface area (Å²) in [6.45, 7) is 3.10. The van der Waals surface area contributed by atoms with Gasteiger partial charge in [0.15, 0.2) is 5.82 Å². The van der Waals surface area contributed by atoms with Crippen LogP contribution in [0.25, 0.3) is 0 Å². The number of aromatic nitrogens is 3. The molecule has 0 aromatic carbocycles. The molecule has 2 saturated carbocycles. The minimum atomic E-state index is 0.00775. The van der Waals surface area contributed by atoms with E-state index in [0.717, 1.165) is 36.5 Å². The molecular formula is C13H21N3O. The number of hydrogen-bond acceptors (Lipinski definition) is 3. The van der Waals surface area contributed by atoms with Gasteiger partial charge in [-0.15, -0.1) is 10.2 Å². The van der Waals surface area contributed by atoms with E-state index in [1.807, 2.05) is 0 Å². The van der Waals surface area contributed by atoms with Gasteiger partial charge < -0.3 is 9.67 Å². The van der Waals surface area contributed by atoms with E-state index in [9.17, 15) is 5.11 Å². The van der Waals surface area contributed by atoms with E-state index in [1.165, 1.54) is 25.7 Å². The predicted molar refractivity (Wildman–Crippen MR) is 64.4 cm³/mol. The van der Waals surface area contributed by atoms with Crippen molar-refractivity contribution in [2.75, 3.05) is 0 Å². The summed E-state index contributed by atoms with van der Waals surface area (Å²) in [5, 5.41) is 17.8. The molecule has 1 N–H and O–H groups in total. The van der Waals surface area contributed by atoms with Crippen molar-refractivity contribution >= 4 is 0 Å². The molecule has 1 heterocycles. The lowest BCUT2D eigenvalue weighted by molar-refractivity contribution is 0.263. The van der Waals surface area contributed by atoms with Crippen LogP contribution in [0.5, 0.6) is 0 Å². The topological polar surface area (TPSA) is 50.9 Å². The van der Waals surface area contributed by atoms with Crippen LogP contribution in [0.4, 0.5) is 0 Å². The van der Waals surface area contributed by atoms with Gasteiger partial charge in [-0.3, -0.25) is 0 Å². The van der Waals surface area contributed by atoms with Gasteiger partial charge in [0, 0.05) is 12.5 Å². The highest BCUT2D eigenvalue weighted by molar-refractivity contribution is 5.09. The van der Waals surface area contributed by atoms with Crippen molar-refractivity contribution in [3.05, 3.63) is 11.6 Å². The lowest BCUT2D eigenvalue weighted by Gasteiger charge is -2.21. The van der Waals surface area contributed by atoms with E-state index < -0.39 is 0 Å². The van der Waals surface area contributed by atoms with Crippen LogP contribution in [0.15, 0.2) is 0 Å². The highest BCUT2D eigenvalue weighted by Crippen LogP contribution is 2.52. The summed E-state index contributed by atoms with van der Waals surface area (Å²) in [5.41, 5.74) is 0. The van der Waals surface area contributed by atoms with Crippen LogP contribution in [0.1, 0.15) is 56.6 Å². The summed E-state index contributed by atoms with van der Waals surface area (Å²) in [6, 6.07) is 0. The van der Waals surface area contributed by atoms with Crippen LogP contribution >= 0.6 is 0 Å². The molecule has 4 nitrogen and oxygen atoms in total. The first-order valence-electron chi connectivity index (χ1n) is 6.86. The number of nitrogens with zero attached hydrogens (tertiary/aromatic N) is 3. The SMILES string of the molecule is CCCn1c(CO)nnc1C1CC2CCC1C2. The van der Waals surface area contributed by atoms with Crippen LogP contribution in [0.2, 0.25) is 0 Å². The monoisotopic (exact) mass is 235 g/mol. The van der Waals surface area contributed by atoms with E-state index in [0.29, 0.717) is 5.92 Å². The summed E-state index contributed by atoms with van der Waals surface area (Å²) in [5.74, 6) is 4.24. The molecule has 1 aromatic rings. The molecule has 3 atom stereocenters. The van der Waals surface area contributed by atoms with Crippen molar-refractivity contribution in [1.82, 2.24) is 14.8 Å². The van der Waals surface area contributed by atoms with Gasteiger partial charge in [0.05, 0.1) is 0 Å². The molecule has 0 amide bonds. The average Bonchev–Trinajstić information content (AvgIpc) is 3.02. The zero-order valence-corrected chi connectivity index (χ0v) is 10.5. The third-order valence-electron chi connectivity index (χ3n) is 4.51. The molecule has 2 aliphatic carbocycles. The van der Waals surface area contributed by atoms with E-state index in [1.54, 1.807) is 0 Å². The van der Waals surface area contributed by atoms with E-state index in [-0.39, 0.29) is 6.61 Å². The van der Waals surface area contributed by atoms with E-state index in [4.69, 9.17) is 0 Å². The number of aliphatic hydroxyl groups excluding tert-OH is 1. The molecule has 17 heavy (non-hydrogen) atoms. The van der Waals surface area contributed by atoms with Crippen LogP contribution in [0, 0.1) is 11.8 Å². The van der Waals surface area contributed by atoms with Gasteiger partial charge in [0.25, 0.3) is 0 Å². The number of fused-ring (bicyclic) bond motifs is 2. The number of rotatable bonds is 4. The zero-order chi connectivity index (χ0) is 11.8. The van der Waals surface area contributed by atoms with Crippen molar-refractivity contribution in [3.8, 4) is 0 Å². The molecule has 2 bridgehead atoms. The molecule has 1 aromatic heterocycles. The molecule has 2 aliphatic rings. The van der Waals surface area contributed by atoms with Crippen molar-refractivity contribution < 1.29 is 5.11 Å².